The monoisotopic (exact) mass is 202 g/mol. The fraction of sp³-hybridized carbons (Fsp3) is 0.909. The van der Waals surface area contributed by atoms with E-state index in [9.17, 15) is 4.79 Å². The van der Waals surface area contributed by atoms with Gasteiger partial charge in [0, 0.05) is 6.61 Å². The smallest absolute Gasteiger partial charge is 0.335 e. The van der Waals surface area contributed by atoms with Crippen LogP contribution in [0.3, 0.4) is 0 Å². The van der Waals surface area contributed by atoms with E-state index >= 15 is 0 Å². The second-order valence-electron chi connectivity index (χ2n) is 3.29. The molecule has 3 heteroatoms. The first-order valence-electron chi connectivity index (χ1n) is 5.54. The van der Waals surface area contributed by atoms with E-state index in [1.165, 1.54) is 0 Å². The van der Waals surface area contributed by atoms with Crippen molar-refractivity contribution in [3.05, 3.63) is 0 Å². The highest BCUT2D eigenvalue weighted by molar-refractivity contribution is 5.74. The number of rotatable bonds is 8. The summed E-state index contributed by atoms with van der Waals surface area (Å²) in [4.78, 5) is 11.4. The molecule has 0 aliphatic heterocycles. The zero-order valence-electron chi connectivity index (χ0n) is 9.54. The van der Waals surface area contributed by atoms with Crippen molar-refractivity contribution in [1.82, 2.24) is 0 Å². The van der Waals surface area contributed by atoms with Gasteiger partial charge in [-0.2, -0.15) is 0 Å². The summed E-state index contributed by atoms with van der Waals surface area (Å²) in [6, 6.07) is 0. The topological polar surface area (TPSA) is 35.5 Å². The molecule has 14 heavy (non-hydrogen) atoms. The number of esters is 1. The lowest BCUT2D eigenvalue weighted by Crippen LogP contribution is -2.26. The van der Waals surface area contributed by atoms with E-state index in [0.29, 0.717) is 19.6 Å². The maximum atomic E-state index is 11.4. The van der Waals surface area contributed by atoms with Crippen LogP contribution in [0.15, 0.2) is 0 Å². The van der Waals surface area contributed by atoms with Crippen molar-refractivity contribution in [3.8, 4) is 0 Å². The van der Waals surface area contributed by atoms with Crippen LogP contribution < -0.4 is 0 Å². The van der Waals surface area contributed by atoms with E-state index in [1.54, 1.807) is 0 Å². The first-order chi connectivity index (χ1) is 6.76. The van der Waals surface area contributed by atoms with E-state index < -0.39 is 0 Å². The summed E-state index contributed by atoms with van der Waals surface area (Å²) >= 11 is 0. The minimum absolute atomic E-state index is 0.217. The number of unbranched alkanes of at least 4 members (excludes halogenated alkanes) is 1. The molecule has 0 heterocycles. The van der Waals surface area contributed by atoms with Gasteiger partial charge in [0.15, 0.2) is 6.10 Å². The Morgan fingerprint density at radius 1 is 1.14 bits per heavy atom. The van der Waals surface area contributed by atoms with Crippen LogP contribution in [0.1, 0.15) is 46.5 Å². The van der Waals surface area contributed by atoms with Gasteiger partial charge < -0.3 is 9.47 Å². The summed E-state index contributed by atoms with van der Waals surface area (Å²) in [5.41, 5.74) is 0. The molecule has 1 unspecified atom stereocenters. The highest BCUT2D eigenvalue weighted by Gasteiger charge is 2.17. The molecule has 0 saturated carbocycles. The molecule has 1 atom stereocenters. The molecule has 0 bridgehead atoms. The lowest BCUT2D eigenvalue weighted by Gasteiger charge is -2.14. The molecular formula is C11H22O3. The van der Waals surface area contributed by atoms with Crippen molar-refractivity contribution in [2.45, 2.75) is 52.6 Å². The van der Waals surface area contributed by atoms with Crippen LogP contribution in [0.5, 0.6) is 0 Å². The third kappa shape index (κ3) is 5.97. The number of carbonyl (C=O) groups excluding carboxylic acids is 1. The Morgan fingerprint density at radius 3 is 2.36 bits per heavy atom. The Labute approximate surface area is 86.8 Å². The third-order valence-corrected chi connectivity index (χ3v) is 1.90. The normalized spacial score (nSPS) is 12.5. The maximum absolute atomic E-state index is 11.4. The van der Waals surface area contributed by atoms with E-state index in [1.807, 2.05) is 13.8 Å². The van der Waals surface area contributed by atoms with E-state index in [4.69, 9.17) is 9.47 Å². The molecule has 0 fully saturated rings. The SMILES string of the molecule is CCCCOC(CC)C(=O)OCCC. The van der Waals surface area contributed by atoms with Gasteiger partial charge in [-0.15, -0.1) is 0 Å². The van der Waals surface area contributed by atoms with E-state index in [2.05, 4.69) is 6.92 Å². The van der Waals surface area contributed by atoms with Crippen LogP contribution in [0, 0.1) is 0 Å². The minimum atomic E-state index is -0.368. The fourth-order valence-electron chi connectivity index (χ4n) is 1.02. The van der Waals surface area contributed by atoms with Crippen molar-refractivity contribution in [2.24, 2.45) is 0 Å². The zero-order valence-corrected chi connectivity index (χ0v) is 9.54. The van der Waals surface area contributed by atoms with Crippen molar-refractivity contribution in [3.63, 3.8) is 0 Å². The highest BCUT2D eigenvalue weighted by Crippen LogP contribution is 2.03. The zero-order chi connectivity index (χ0) is 10.8. The van der Waals surface area contributed by atoms with Crippen molar-refractivity contribution >= 4 is 5.97 Å². The fourth-order valence-corrected chi connectivity index (χ4v) is 1.02. The predicted octanol–water partition coefficient (Wildman–Crippen LogP) is 2.53. The molecule has 0 aliphatic rings. The summed E-state index contributed by atoms with van der Waals surface area (Å²) < 4.78 is 10.4. The molecule has 0 N–H and O–H groups in total. The Morgan fingerprint density at radius 2 is 1.86 bits per heavy atom. The van der Waals surface area contributed by atoms with Gasteiger partial charge in [0.2, 0.25) is 0 Å². The lowest BCUT2D eigenvalue weighted by atomic mass is 10.3. The van der Waals surface area contributed by atoms with E-state index in [0.717, 1.165) is 19.3 Å². The average Bonchev–Trinajstić information content (AvgIpc) is 2.21. The lowest BCUT2D eigenvalue weighted by molar-refractivity contribution is -0.157. The van der Waals surface area contributed by atoms with Gasteiger partial charge in [0.1, 0.15) is 0 Å². The van der Waals surface area contributed by atoms with Gasteiger partial charge in [0.25, 0.3) is 0 Å². The summed E-state index contributed by atoms with van der Waals surface area (Å²) in [5.74, 6) is -0.217. The Kier molecular flexibility index (Phi) is 8.64. The second-order valence-corrected chi connectivity index (χ2v) is 3.29. The third-order valence-electron chi connectivity index (χ3n) is 1.90. The first kappa shape index (κ1) is 13.4. The van der Waals surface area contributed by atoms with Crippen LogP contribution in [-0.4, -0.2) is 25.3 Å². The number of hydrogen-bond acceptors (Lipinski definition) is 3. The highest BCUT2D eigenvalue weighted by atomic mass is 16.6. The van der Waals surface area contributed by atoms with Crippen LogP contribution in [0.25, 0.3) is 0 Å². The van der Waals surface area contributed by atoms with Gasteiger partial charge in [-0.05, 0) is 19.3 Å². The van der Waals surface area contributed by atoms with Gasteiger partial charge in [-0.1, -0.05) is 27.2 Å². The number of hydrogen-bond donors (Lipinski definition) is 0. The molecule has 0 aliphatic carbocycles. The van der Waals surface area contributed by atoms with Gasteiger partial charge in [0.05, 0.1) is 6.61 Å². The number of carbonyl (C=O) groups is 1. The van der Waals surface area contributed by atoms with Crippen LogP contribution >= 0.6 is 0 Å². The van der Waals surface area contributed by atoms with E-state index in [-0.39, 0.29) is 12.1 Å². The molecular weight excluding hydrogens is 180 g/mol. The predicted molar refractivity (Wildman–Crippen MR) is 56.2 cm³/mol. The summed E-state index contributed by atoms with van der Waals surface area (Å²) in [5, 5.41) is 0. The van der Waals surface area contributed by atoms with Gasteiger partial charge in [-0.3, -0.25) is 0 Å². The Bertz CT molecular complexity index is 145. The standard InChI is InChI=1S/C11H22O3/c1-4-7-9-13-10(6-3)11(12)14-8-5-2/h10H,4-9H2,1-3H3. The molecule has 3 nitrogen and oxygen atoms in total. The second kappa shape index (κ2) is 9.00. The molecule has 84 valence electrons. The van der Waals surface area contributed by atoms with Gasteiger partial charge in [-0.25, -0.2) is 4.79 Å². The molecule has 0 saturated heterocycles. The largest absolute Gasteiger partial charge is 0.464 e. The Balaban J connectivity index is 3.69. The molecule has 0 aromatic heterocycles. The molecule has 0 spiro atoms. The molecule has 0 aromatic carbocycles. The summed E-state index contributed by atoms with van der Waals surface area (Å²) in [7, 11) is 0. The number of ether oxygens (including phenoxy) is 2. The van der Waals surface area contributed by atoms with Gasteiger partial charge >= 0.3 is 5.97 Å². The average molecular weight is 202 g/mol. The first-order valence-corrected chi connectivity index (χ1v) is 5.54. The van der Waals surface area contributed by atoms with Crippen molar-refractivity contribution < 1.29 is 14.3 Å². The molecule has 0 aromatic rings. The molecule has 0 radical (unpaired) electrons. The summed E-state index contributed by atoms with van der Waals surface area (Å²) in [6.45, 7) is 7.15. The Hall–Kier alpha value is -0.570. The van der Waals surface area contributed by atoms with Crippen LogP contribution in [0.4, 0.5) is 0 Å². The molecule has 0 rings (SSSR count). The van der Waals surface area contributed by atoms with Crippen LogP contribution in [-0.2, 0) is 14.3 Å². The van der Waals surface area contributed by atoms with Crippen LogP contribution in [0.2, 0.25) is 0 Å². The molecule has 0 amide bonds. The maximum Gasteiger partial charge on any atom is 0.335 e. The quantitative estimate of drug-likeness (QED) is 0.448. The minimum Gasteiger partial charge on any atom is -0.464 e. The van der Waals surface area contributed by atoms with Crippen molar-refractivity contribution in [1.29, 1.82) is 0 Å². The van der Waals surface area contributed by atoms with Crippen molar-refractivity contribution in [2.75, 3.05) is 13.2 Å². The summed E-state index contributed by atoms with van der Waals surface area (Å²) in [6.07, 6.45) is 3.26.